The van der Waals surface area contributed by atoms with Gasteiger partial charge in [-0.1, -0.05) is 55.1 Å². The minimum absolute atomic E-state index is 0.226. The summed E-state index contributed by atoms with van der Waals surface area (Å²) in [5.41, 5.74) is 7.68. The van der Waals surface area contributed by atoms with Gasteiger partial charge in [-0.05, 0) is 98.6 Å². The first-order chi connectivity index (χ1) is 30.6. The van der Waals surface area contributed by atoms with E-state index >= 15 is 0 Å². The van der Waals surface area contributed by atoms with E-state index < -0.39 is 18.2 Å². The zero-order chi connectivity index (χ0) is 43.2. The molecule has 0 spiro atoms. The number of piperidine rings is 2. The molecule has 3 N–H and O–H groups in total. The molecule has 330 valence electrons. The summed E-state index contributed by atoms with van der Waals surface area (Å²) in [5, 5.41) is 9.64. The van der Waals surface area contributed by atoms with Crippen molar-refractivity contribution in [3.63, 3.8) is 0 Å². The van der Waals surface area contributed by atoms with Crippen molar-refractivity contribution in [2.24, 2.45) is 18.0 Å². The fraction of sp³-hybridized carbons (Fsp3) is 0.458. The number of rotatable bonds is 10. The number of imide groups is 1. The Morgan fingerprint density at radius 1 is 0.841 bits per heavy atom. The number of benzene rings is 3. The summed E-state index contributed by atoms with van der Waals surface area (Å²) in [7, 11) is 1.75. The van der Waals surface area contributed by atoms with Gasteiger partial charge in [-0.3, -0.25) is 33.8 Å². The Labute approximate surface area is 371 Å². The lowest BCUT2D eigenvalue weighted by Crippen LogP contribution is -2.48. The van der Waals surface area contributed by atoms with Crippen LogP contribution in [0, 0.1) is 11.7 Å². The lowest BCUT2D eigenvalue weighted by Gasteiger charge is -2.39. The molecule has 1 aliphatic carbocycles. The zero-order valence-electron chi connectivity index (χ0n) is 35.9. The Kier molecular flexibility index (Phi) is 11.6. The summed E-state index contributed by atoms with van der Waals surface area (Å²) >= 11 is 6.14. The highest BCUT2D eigenvalue weighted by molar-refractivity contribution is 6.30. The van der Waals surface area contributed by atoms with Crippen molar-refractivity contribution in [1.82, 2.24) is 28.8 Å². The van der Waals surface area contributed by atoms with Crippen LogP contribution in [0.4, 0.5) is 21.6 Å². The Bertz CT molecular complexity index is 2580. The molecule has 5 aliphatic rings. The molecule has 10 rings (SSSR count). The fourth-order valence-electron chi connectivity index (χ4n) is 10.6. The molecule has 2 unspecified atom stereocenters. The van der Waals surface area contributed by atoms with Gasteiger partial charge in [0.05, 0.1) is 11.0 Å². The summed E-state index contributed by atoms with van der Waals surface area (Å²) in [6.45, 7) is 8.10. The second kappa shape index (κ2) is 17.6. The van der Waals surface area contributed by atoms with Crippen molar-refractivity contribution in [3.05, 3.63) is 99.3 Å². The van der Waals surface area contributed by atoms with Gasteiger partial charge in [-0.2, -0.15) is 0 Å². The molecule has 3 saturated heterocycles. The van der Waals surface area contributed by atoms with Crippen molar-refractivity contribution in [3.8, 4) is 11.1 Å². The number of hydrogen-bond acceptors (Lipinski definition) is 9. The number of likely N-dealkylation sites (tertiary alicyclic amines) is 1. The topological polar surface area (TPSA) is 124 Å². The van der Waals surface area contributed by atoms with Crippen molar-refractivity contribution >= 4 is 57.9 Å². The van der Waals surface area contributed by atoms with Crippen LogP contribution >= 0.6 is 11.6 Å². The number of piperazine rings is 1. The molecule has 4 fully saturated rings. The maximum absolute atomic E-state index is 14.1. The number of carbonyl (C=O) groups is 2. The summed E-state index contributed by atoms with van der Waals surface area (Å²) < 4.78 is 19.7. The lowest BCUT2D eigenvalue weighted by molar-refractivity contribution is -0.135. The van der Waals surface area contributed by atoms with E-state index in [1.165, 1.54) is 60.9 Å². The largest absolute Gasteiger partial charge is 0.369 e. The molecule has 2 amide bonds. The summed E-state index contributed by atoms with van der Waals surface area (Å²) in [6, 6.07) is 19.3. The van der Waals surface area contributed by atoms with E-state index in [4.69, 9.17) is 16.6 Å². The number of aromatic nitrogens is 3. The summed E-state index contributed by atoms with van der Waals surface area (Å²) in [4.78, 5) is 50.0. The van der Waals surface area contributed by atoms with Crippen LogP contribution in [0.5, 0.6) is 0 Å². The van der Waals surface area contributed by atoms with E-state index in [1.807, 2.05) is 12.3 Å². The first-order valence-corrected chi connectivity index (χ1v) is 23.1. The van der Waals surface area contributed by atoms with Crippen molar-refractivity contribution < 1.29 is 14.0 Å². The molecular formula is C48H56ClFN10O3. The Hall–Kier alpha value is -5.44. The van der Waals surface area contributed by atoms with Crippen molar-refractivity contribution in [1.29, 1.82) is 0 Å². The second-order valence-corrected chi connectivity index (χ2v) is 18.6. The highest BCUT2D eigenvalue weighted by Gasteiger charge is 2.32. The van der Waals surface area contributed by atoms with Gasteiger partial charge in [-0.25, -0.2) is 14.2 Å². The molecule has 0 bridgehead atoms. The van der Waals surface area contributed by atoms with Gasteiger partial charge in [-0.15, -0.1) is 0 Å². The zero-order valence-corrected chi connectivity index (χ0v) is 36.6. The third-order valence-corrected chi connectivity index (χ3v) is 14.3. The molecule has 5 aromatic rings. The van der Waals surface area contributed by atoms with E-state index in [-0.39, 0.29) is 23.8 Å². The molecule has 4 aliphatic heterocycles. The standard InChI is InChI=1S/C48H56ClFN10O3/c1-55-43-26-38(11-12-41(43)60(48(55)63)42-13-14-44(61)53-46(42)62)58-21-19-57(20-22-58)29-32-15-17-56(18-16-32)28-31-7-9-33(10-8-31)40-30-59(37-5-3-2-4-6-37)45-39(40)27-51-47(54-45)52-36-24-34(49)23-35(50)25-36/h7-12,23-27,30,32,37,42,47,52,54H,2-6,13-22,28-29H2,1H3,(H,53,61,62). The molecule has 6 heterocycles. The maximum atomic E-state index is 14.1. The number of fused-ring (bicyclic) bond motifs is 2. The number of hydrogen-bond donors (Lipinski definition) is 3. The predicted octanol–water partition coefficient (Wildman–Crippen LogP) is 7.36. The fourth-order valence-corrected chi connectivity index (χ4v) is 10.8. The van der Waals surface area contributed by atoms with Gasteiger partial charge in [0, 0.05) is 98.7 Å². The third kappa shape index (κ3) is 8.64. The molecule has 63 heavy (non-hydrogen) atoms. The van der Waals surface area contributed by atoms with Crippen LogP contribution in [0.15, 0.2) is 76.6 Å². The molecular weight excluding hydrogens is 819 g/mol. The van der Waals surface area contributed by atoms with E-state index in [9.17, 15) is 18.8 Å². The number of aliphatic imine (C=N–C) groups is 1. The highest BCUT2D eigenvalue weighted by Crippen LogP contribution is 2.40. The summed E-state index contributed by atoms with van der Waals surface area (Å²) in [6.07, 6.45) is 12.8. The van der Waals surface area contributed by atoms with Crippen LogP contribution in [-0.2, 0) is 23.2 Å². The number of aryl methyl sites for hydroxylation is 1. The molecule has 0 radical (unpaired) electrons. The second-order valence-electron chi connectivity index (χ2n) is 18.2. The first kappa shape index (κ1) is 41.6. The number of anilines is 3. The molecule has 15 heteroatoms. The lowest BCUT2D eigenvalue weighted by atomic mass is 9.95. The Morgan fingerprint density at radius 2 is 1.62 bits per heavy atom. The van der Waals surface area contributed by atoms with E-state index in [0.717, 1.165) is 93.3 Å². The minimum atomic E-state index is -0.681. The number of nitrogens with one attached hydrogen (secondary N) is 3. The van der Waals surface area contributed by atoms with Gasteiger partial charge >= 0.3 is 5.69 Å². The van der Waals surface area contributed by atoms with Crippen LogP contribution in [0.2, 0.25) is 5.02 Å². The van der Waals surface area contributed by atoms with Crippen LogP contribution < -0.4 is 26.5 Å². The first-order valence-electron chi connectivity index (χ1n) is 22.7. The van der Waals surface area contributed by atoms with Crippen molar-refractivity contribution in [2.75, 3.05) is 61.3 Å². The van der Waals surface area contributed by atoms with Crippen LogP contribution in [0.25, 0.3) is 22.2 Å². The summed E-state index contributed by atoms with van der Waals surface area (Å²) in [5.74, 6) is 0.642. The Morgan fingerprint density at radius 3 is 2.37 bits per heavy atom. The molecule has 1 saturated carbocycles. The van der Waals surface area contributed by atoms with Gasteiger partial charge in [0.2, 0.25) is 11.8 Å². The minimum Gasteiger partial charge on any atom is -0.369 e. The van der Waals surface area contributed by atoms with Crippen LogP contribution in [-0.4, -0.2) is 93.6 Å². The number of halogens is 2. The van der Waals surface area contributed by atoms with Crippen LogP contribution in [0.1, 0.15) is 81.0 Å². The number of amides is 2. The third-order valence-electron chi connectivity index (χ3n) is 14.1. The number of carbonyl (C=O) groups excluding carboxylic acids is 2. The predicted molar refractivity (Wildman–Crippen MR) is 247 cm³/mol. The molecule has 2 atom stereocenters. The van der Waals surface area contributed by atoms with Crippen LogP contribution in [0.3, 0.4) is 0 Å². The smallest absolute Gasteiger partial charge is 0.329 e. The highest BCUT2D eigenvalue weighted by atomic mass is 35.5. The van der Waals surface area contributed by atoms with Gasteiger partial charge in [0.1, 0.15) is 17.7 Å². The normalized spacial score (nSPS) is 21.7. The number of nitrogens with zero attached hydrogens (tertiary/aromatic N) is 7. The average molecular weight is 875 g/mol. The SMILES string of the molecule is Cn1c(=O)n(C2CCC(=O)NC2=O)c2ccc(N3CCN(CC4CCN(Cc5ccc(-c6cn(C7CCCCC7)c7c6C=NC(Nc6cc(F)cc(Cl)c6)N7)cc5)CC4)CC3)cc21. The van der Waals surface area contributed by atoms with Gasteiger partial charge in [0.25, 0.3) is 0 Å². The van der Waals surface area contributed by atoms with Gasteiger partial charge in [0.15, 0.2) is 6.29 Å². The molecule has 2 aromatic heterocycles. The molecule has 13 nitrogen and oxygen atoms in total. The monoisotopic (exact) mass is 874 g/mol. The number of imidazole rings is 1. The van der Waals surface area contributed by atoms with E-state index in [2.05, 4.69) is 77.8 Å². The van der Waals surface area contributed by atoms with Gasteiger partial charge < -0.3 is 20.1 Å². The Balaban J connectivity index is 0.726. The average Bonchev–Trinajstić information content (AvgIpc) is 3.78. The molecule has 3 aromatic carbocycles. The maximum Gasteiger partial charge on any atom is 0.329 e. The quantitative estimate of drug-likeness (QED) is 0.125. The van der Waals surface area contributed by atoms with E-state index in [1.54, 1.807) is 22.2 Å². The van der Waals surface area contributed by atoms with Crippen molar-refractivity contribution in [2.45, 2.75) is 82.7 Å². The van der Waals surface area contributed by atoms with E-state index in [0.29, 0.717) is 29.1 Å².